The van der Waals surface area contributed by atoms with Crippen molar-refractivity contribution in [3.8, 4) is 22.7 Å². The van der Waals surface area contributed by atoms with E-state index in [4.69, 9.17) is 9.84 Å². The first-order valence-electron chi connectivity index (χ1n) is 11.9. The molecule has 0 bridgehead atoms. The van der Waals surface area contributed by atoms with Crippen LogP contribution in [-0.2, 0) is 0 Å². The van der Waals surface area contributed by atoms with Gasteiger partial charge < -0.3 is 10.1 Å². The number of amides is 1. The van der Waals surface area contributed by atoms with Gasteiger partial charge in [-0.3, -0.25) is 14.7 Å². The summed E-state index contributed by atoms with van der Waals surface area (Å²) >= 11 is 0. The number of carbonyl (C=O) groups excluding carboxylic acids is 1. The molecule has 2 aromatic carbocycles. The fourth-order valence-corrected chi connectivity index (χ4v) is 4.59. The van der Waals surface area contributed by atoms with Crippen molar-refractivity contribution in [1.29, 1.82) is 0 Å². The third kappa shape index (κ3) is 5.10. The quantitative estimate of drug-likeness (QED) is 0.413. The Morgan fingerprint density at radius 1 is 1.03 bits per heavy atom. The van der Waals surface area contributed by atoms with E-state index < -0.39 is 0 Å². The van der Waals surface area contributed by atoms with Crippen LogP contribution in [0.5, 0.6) is 5.75 Å². The predicted octanol–water partition coefficient (Wildman–Crippen LogP) is 4.51. The Morgan fingerprint density at radius 3 is 2.49 bits per heavy atom. The lowest BCUT2D eigenvalue weighted by Gasteiger charge is -2.28. The maximum atomic E-state index is 13.5. The van der Waals surface area contributed by atoms with E-state index in [0.717, 1.165) is 30.1 Å². The smallest absolute Gasteiger partial charge is 0.255 e. The van der Waals surface area contributed by atoms with E-state index in [2.05, 4.69) is 27.3 Å². The van der Waals surface area contributed by atoms with Gasteiger partial charge in [-0.15, -0.1) is 0 Å². The molecule has 1 saturated heterocycles. The van der Waals surface area contributed by atoms with E-state index >= 15 is 0 Å². The molecule has 0 radical (unpaired) electrons. The number of para-hydroxylation sites is 1. The molecular weight excluding hydrogens is 438 g/mol. The van der Waals surface area contributed by atoms with E-state index in [-0.39, 0.29) is 11.9 Å². The number of carbonyl (C=O) groups is 1. The monoisotopic (exact) mass is 467 g/mol. The Balaban J connectivity index is 1.42. The van der Waals surface area contributed by atoms with Crippen molar-refractivity contribution < 1.29 is 9.53 Å². The molecule has 0 saturated carbocycles. The third-order valence-corrected chi connectivity index (χ3v) is 6.45. The highest BCUT2D eigenvalue weighted by molar-refractivity contribution is 5.99. The van der Waals surface area contributed by atoms with Gasteiger partial charge >= 0.3 is 0 Å². The van der Waals surface area contributed by atoms with Crippen molar-refractivity contribution in [2.45, 2.75) is 18.9 Å². The summed E-state index contributed by atoms with van der Waals surface area (Å²) in [7, 11) is 1.67. The number of nitrogens with zero attached hydrogens (tertiary/aromatic N) is 4. The molecule has 35 heavy (non-hydrogen) atoms. The summed E-state index contributed by atoms with van der Waals surface area (Å²) in [5.74, 6) is 0.677. The second-order valence-corrected chi connectivity index (χ2v) is 8.66. The predicted molar refractivity (Wildman–Crippen MR) is 136 cm³/mol. The first-order valence-corrected chi connectivity index (χ1v) is 11.9. The average molecular weight is 468 g/mol. The molecule has 4 aromatic rings. The summed E-state index contributed by atoms with van der Waals surface area (Å²) < 4.78 is 7.08. The van der Waals surface area contributed by atoms with Gasteiger partial charge in [-0.1, -0.05) is 30.3 Å². The van der Waals surface area contributed by atoms with E-state index in [1.165, 1.54) is 18.4 Å². The molecule has 1 amide bonds. The van der Waals surface area contributed by atoms with Gasteiger partial charge in [0.2, 0.25) is 0 Å². The molecule has 1 fully saturated rings. The SMILES string of the molecule is COc1ccc([C@@H](CNC(=O)c2cn(-c3ccccc3)nc2-c2cccnc2)N2CCCC2)cc1. The fourth-order valence-electron chi connectivity index (χ4n) is 4.59. The topological polar surface area (TPSA) is 72.3 Å². The van der Waals surface area contributed by atoms with E-state index in [9.17, 15) is 4.79 Å². The Kier molecular flexibility index (Phi) is 6.86. The van der Waals surface area contributed by atoms with Crippen LogP contribution in [0.25, 0.3) is 16.9 Å². The van der Waals surface area contributed by atoms with Gasteiger partial charge in [0.15, 0.2) is 0 Å². The van der Waals surface area contributed by atoms with Crippen LogP contribution in [0.15, 0.2) is 85.3 Å². The Bertz CT molecular complexity index is 1250. The van der Waals surface area contributed by atoms with Crippen molar-refractivity contribution in [1.82, 2.24) is 25.0 Å². The van der Waals surface area contributed by atoms with Crippen molar-refractivity contribution >= 4 is 5.91 Å². The first kappa shape index (κ1) is 22.8. The van der Waals surface area contributed by atoms with Crippen LogP contribution in [0.1, 0.15) is 34.8 Å². The minimum absolute atomic E-state index is 0.0957. The van der Waals surface area contributed by atoms with Crippen molar-refractivity contribution in [3.63, 3.8) is 0 Å². The molecular formula is C28H29N5O2. The van der Waals surface area contributed by atoms with Gasteiger partial charge in [-0.25, -0.2) is 4.68 Å². The van der Waals surface area contributed by atoms with Crippen molar-refractivity contribution in [2.75, 3.05) is 26.7 Å². The van der Waals surface area contributed by atoms with Crippen LogP contribution < -0.4 is 10.1 Å². The summed E-state index contributed by atoms with van der Waals surface area (Å²) in [5.41, 5.74) is 4.00. The Morgan fingerprint density at radius 2 is 1.80 bits per heavy atom. The maximum Gasteiger partial charge on any atom is 0.255 e. The number of methoxy groups -OCH3 is 1. The van der Waals surface area contributed by atoms with Gasteiger partial charge in [-0.05, 0) is 67.9 Å². The molecule has 1 aliphatic heterocycles. The minimum Gasteiger partial charge on any atom is -0.497 e. The van der Waals surface area contributed by atoms with Crippen molar-refractivity contribution in [3.05, 3.63) is 96.4 Å². The second kappa shape index (κ2) is 10.5. The molecule has 178 valence electrons. The second-order valence-electron chi connectivity index (χ2n) is 8.66. The first-order chi connectivity index (χ1) is 17.2. The van der Waals surface area contributed by atoms with Gasteiger partial charge in [0.1, 0.15) is 11.4 Å². The highest BCUT2D eigenvalue weighted by atomic mass is 16.5. The van der Waals surface area contributed by atoms with Crippen molar-refractivity contribution in [2.24, 2.45) is 0 Å². The summed E-state index contributed by atoms with van der Waals surface area (Å²) in [6, 6.07) is 21.8. The average Bonchev–Trinajstić information content (AvgIpc) is 3.61. The van der Waals surface area contributed by atoms with Gasteiger partial charge in [-0.2, -0.15) is 5.10 Å². The lowest BCUT2D eigenvalue weighted by Crippen LogP contribution is -2.36. The number of likely N-dealkylation sites (tertiary alicyclic amines) is 1. The highest BCUT2D eigenvalue weighted by Gasteiger charge is 2.25. The lowest BCUT2D eigenvalue weighted by atomic mass is 10.0. The molecule has 3 heterocycles. The largest absolute Gasteiger partial charge is 0.497 e. The van der Waals surface area contributed by atoms with Gasteiger partial charge in [0.05, 0.1) is 24.4 Å². The summed E-state index contributed by atoms with van der Waals surface area (Å²) in [4.78, 5) is 20.2. The standard InChI is InChI=1S/C28H29N5O2/c1-35-24-13-11-21(12-14-24)26(32-16-5-6-17-32)19-30-28(34)25-20-33(23-9-3-2-4-10-23)31-27(25)22-8-7-15-29-18-22/h2-4,7-15,18,20,26H,5-6,16-17,19H2,1H3,(H,30,34)/t26-/m1/s1. The molecule has 7 heteroatoms. The van der Waals surface area contributed by atoms with E-state index in [1.807, 2.05) is 54.6 Å². The number of hydrogen-bond acceptors (Lipinski definition) is 5. The molecule has 0 aliphatic carbocycles. The normalized spacial score (nSPS) is 14.5. The number of pyridine rings is 1. The third-order valence-electron chi connectivity index (χ3n) is 6.45. The minimum atomic E-state index is -0.149. The van der Waals surface area contributed by atoms with Crippen LogP contribution in [-0.4, -0.2) is 52.3 Å². The van der Waals surface area contributed by atoms with Crippen LogP contribution >= 0.6 is 0 Å². The fraction of sp³-hybridized carbons (Fsp3) is 0.250. The summed E-state index contributed by atoms with van der Waals surface area (Å²) in [6.07, 6.45) is 7.60. The number of aromatic nitrogens is 3. The molecule has 1 aliphatic rings. The molecule has 0 unspecified atom stereocenters. The Hall–Kier alpha value is -3.97. The zero-order chi connectivity index (χ0) is 24.0. The molecule has 1 atom stereocenters. The summed E-state index contributed by atoms with van der Waals surface area (Å²) in [5, 5.41) is 7.94. The summed E-state index contributed by atoms with van der Waals surface area (Å²) in [6.45, 7) is 2.56. The Labute approximate surface area is 205 Å². The molecule has 1 N–H and O–H groups in total. The van der Waals surface area contributed by atoms with E-state index in [0.29, 0.717) is 17.8 Å². The number of ether oxygens (including phenoxy) is 1. The number of rotatable bonds is 8. The molecule has 7 nitrogen and oxygen atoms in total. The molecule has 5 rings (SSSR count). The maximum absolute atomic E-state index is 13.5. The lowest BCUT2D eigenvalue weighted by molar-refractivity contribution is 0.0938. The van der Waals surface area contributed by atoms with E-state index in [1.54, 1.807) is 30.4 Å². The van der Waals surface area contributed by atoms with Crippen LogP contribution in [0.3, 0.4) is 0 Å². The molecule has 2 aromatic heterocycles. The number of nitrogens with one attached hydrogen (secondary N) is 1. The number of benzene rings is 2. The van der Waals surface area contributed by atoms with Gasteiger partial charge in [0.25, 0.3) is 5.91 Å². The van der Waals surface area contributed by atoms with Gasteiger partial charge in [0, 0.05) is 30.7 Å². The zero-order valence-electron chi connectivity index (χ0n) is 19.8. The molecule has 0 spiro atoms. The van der Waals surface area contributed by atoms with Crippen LogP contribution in [0.2, 0.25) is 0 Å². The van der Waals surface area contributed by atoms with Crippen LogP contribution in [0.4, 0.5) is 0 Å². The number of hydrogen-bond donors (Lipinski definition) is 1. The van der Waals surface area contributed by atoms with Crippen LogP contribution in [0, 0.1) is 0 Å². The zero-order valence-corrected chi connectivity index (χ0v) is 19.8. The highest BCUT2D eigenvalue weighted by Crippen LogP contribution is 2.27.